The molecule has 1 atom stereocenters. The van der Waals surface area contributed by atoms with Gasteiger partial charge in [0.25, 0.3) is 0 Å². The number of alkyl halides is 13. The second-order valence-corrected chi connectivity index (χ2v) is 6.70. The van der Waals surface area contributed by atoms with Gasteiger partial charge in [-0.3, -0.25) is 4.79 Å². The van der Waals surface area contributed by atoms with Gasteiger partial charge in [0.05, 0.1) is 5.41 Å². The van der Waals surface area contributed by atoms with Gasteiger partial charge in [0.1, 0.15) is 0 Å². The maximum Gasteiger partial charge on any atom is 0.460 e. The van der Waals surface area contributed by atoms with Crippen LogP contribution in [0.4, 0.5) is 57.1 Å². The van der Waals surface area contributed by atoms with Gasteiger partial charge in [-0.25, -0.2) is 0 Å². The normalized spacial score (nSPS) is 16.6. The van der Waals surface area contributed by atoms with Crippen molar-refractivity contribution in [1.29, 1.82) is 0 Å². The van der Waals surface area contributed by atoms with Crippen molar-refractivity contribution in [3.8, 4) is 0 Å². The topological polar surface area (TPSA) is 26.3 Å². The van der Waals surface area contributed by atoms with E-state index >= 15 is 0 Å². The van der Waals surface area contributed by atoms with Crippen LogP contribution in [-0.4, -0.2) is 47.9 Å². The summed E-state index contributed by atoms with van der Waals surface area (Å²) in [5, 5.41) is 0. The molecule has 0 heterocycles. The fraction of sp³-hybridized carbons (Fsp3) is 0.929. The molecule has 0 aliphatic carbocycles. The summed E-state index contributed by atoms with van der Waals surface area (Å²) >= 11 is 0. The molecule has 15 heteroatoms. The Morgan fingerprint density at radius 1 is 0.724 bits per heavy atom. The lowest BCUT2D eigenvalue weighted by Gasteiger charge is -2.41. The van der Waals surface area contributed by atoms with Crippen LogP contribution in [0.15, 0.2) is 0 Å². The molecule has 174 valence electrons. The highest BCUT2D eigenvalue weighted by molar-refractivity contribution is 5.76. The summed E-state index contributed by atoms with van der Waals surface area (Å²) in [5.74, 6) is -39.3. The number of rotatable bonds is 8. The third kappa shape index (κ3) is 4.09. The van der Waals surface area contributed by atoms with Crippen LogP contribution >= 0.6 is 0 Å². The number of carbonyl (C=O) groups excluding carboxylic acids is 1. The van der Waals surface area contributed by atoms with Crippen LogP contribution in [0.1, 0.15) is 34.1 Å². The third-order valence-corrected chi connectivity index (χ3v) is 4.19. The van der Waals surface area contributed by atoms with Gasteiger partial charge < -0.3 is 4.74 Å². The van der Waals surface area contributed by atoms with Crippen molar-refractivity contribution in [3.05, 3.63) is 0 Å². The van der Waals surface area contributed by atoms with Crippen molar-refractivity contribution in [1.82, 2.24) is 0 Å². The fourth-order valence-electron chi connectivity index (χ4n) is 1.58. The Balaban J connectivity index is 6.20. The average Bonchev–Trinajstić information content (AvgIpc) is 2.52. The van der Waals surface area contributed by atoms with E-state index in [0.29, 0.717) is 0 Å². The Labute approximate surface area is 155 Å². The van der Waals surface area contributed by atoms with E-state index in [-0.39, 0.29) is 13.3 Å². The average molecular weight is 462 g/mol. The van der Waals surface area contributed by atoms with E-state index in [1.807, 2.05) is 0 Å². The molecule has 0 aromatic carbocycles. The van der Waals surface area contributed by atoms with E-state index < -0.39 is 53.3 Å². The highest BCUT2D eigenvalue weighted by Gasteiger charge is 2.91. The van der Waals surface area contributed by atoms with Gasteiger partial charge in [-0.2, -0.15) is 57.1 Å². The Kier molecular flexibility index (Phi) is 6.99. The molecule has 1 unspecified atom stereocenters. The van der Waals surface area contributed by atoms with Gasteiger partial charge >= 0.3 is 41.8 Å². The molecular weight excluding hydrogens is 447 g/mol. The summed E-state index contributed by atoms with van der Waals surface area (Å²) in [6, 6.07) is 0. The van der Waals surface area contributed by atoms with Crippen LogP contribution in [0.25, 0.3) is 0 Å². The SMILES string of the molecule is CCC(C)(C)C(=O)OC(C)C(F)(F)C(F)(F)C(F)(F)C(F)(F)C(F)(F)C(F)(F)F. The van der Waals surface area contributed by atoms with Gasteiger partial charge in [-0.15, -0.1) is 0 Å². The van der Waals surface area contributed by atoms with Crippen LogP contribution < -0.4 is 0 Å². The van der Waals surface area contributed by atoms with Crippen molar-refractivity contribution in [2.24, 2.45) is 5.41 Å². The largest absolute Gasteiger partial charge is 0.460 e. The van der Waals surface area contributed by atoms with E-state index in [1.54, 1.807) is 0 Å². The lowest BCUT2D eigenvalue weighted by atomic mass is 9.89. The number of esters is 1. The maximum atomic E-state index is 13.8. The van der Waals surface area contributed by atoms with Crippen LogP contribution in [0, 0.1) is 5.41 Å². The highest BCUT2D eigenvalue weighted by atomic mass is 19.4. The van der Waals surface area contributed by atoms with Crippen LogP contribution in [0.5, 0.6) is 0 Å². The highest BCUT2D eigenvalue weighted by Crippen LogP contribution is 2.60. The van der Waals surface area contributed by atoms with Gasteiger partial charge in [0.2, 0.25) is 0 Å². The van der Waals surface area contributed by atoms with Crippen LogP contribution in [0.3, 0.4) is 0 Å². The minimum absolute atomic E-state index is 0.145. The molecule has 0 amide bonds. The third-order valence-electron chi connectivity index (χ3n) is 4.19. The first-order chi connectivity index (χ1) is 12.4. The first-order valence-electron chi connectivity index (χ1n) is 7.53. The molecule has 0 spiro atoms. The van der Waals surface area contributed by atoms with Gasteiger partial charge in [0.15, 0.2) is 6.10 Å². The van der Waals surface area contributed by atoms with Crippen LogP contribution in [-0.2, 0) is 9.53 Å². The lowest BCUT2D eigenvalue weighted by Crippen LogP contribution is -2.71. The second-order valence-electron chi connectivity index (χ2n) is 6.70. The zero-order valence-corrected chi connectivity index (χ0v) is 15.0. The molecule has 0 aromatic heterocycles. The molecule has 0 bridgehead atoms. The van der Waals surface area contributed by atoms with Gasteiger partial charge in [-0.05, 0) is 27.2 Å². The predicted molar refractivity (Wildman–Crippen MR) is 70.4 cm³/mol. The Hall–Kier alpha value is -1.44. The number of carbonyl (C=O) groups is 1. The summed E-state index contributed by atoms with van der Waals surface area (Å²) in [6.07, 6.45) is -11.2. The molecule has 0 N–H and O–H groups in total. The smallest absolute Gasteiger partial charge is 0.456 e. The summed E-state index contributed by atoms with van der Waals surface area (Å²) in [4.78, 5) is 11.6. The lowest BCUT2D eigenvalue weighted by molar-refractivity contribution is -0.443. The molecule has 0 aliphatic rings. The number of hydrogen-bond donors (Lipinski definition) is 0. The zero-order valence-electron chi connectivity index (χ0n) is 15.0. The molecule has 0 saturated heterocycles. The summed E-state index contributed by atoms with van der Waals surface area (Å²) in [6.45, 7) is 3.25. The van der Waals surface area contributed by atoms with Crippen molar-refractivity contribution < 1.29 is 66.6 Å². The maximum absolute atomic E-state index is 13.8. The number of hydrogen-bond acceptors (Lipinski definition) is 2. The second kappa shape index (κ2) is 7.36. The first kappa shape index (κ1) is 27.6. The van der Waals surface area contributed by atoms with Crippen molar-refractivity contribution in [3.63, 3.8) is 0 Å². The zero-order chi connectivity index (χ0) is 24.1. The number of ether oxygens (including phenoxy) is 1. The van der Waals surface area contributed by atoms with Crippen molar-refractivity contribution in [2.45, 2.75) is 76.0 Å². The van der Waals surface area contributed by atoms with E-state index in [2.05, 4.69) is 4.74 Å². The predicted octanol–water partition coefficient (Wildman–Crippen LogP) is 6.09. The van der Waals surface area contributed by atoms with E-state index in [4.69, 9.17) is 0 Å². The molecule has 0 rings (SSSR count). The van der Waals surface area contributed by atoms with Crippen LogP contribution in [0.2, 0.25) is 0 Å². The summed E-state index contributed by atoms with van der Waals surface area (Å²) < 4.78 is 173. The Morgan fingerprint density at radius 3 is 1.38 bits per heavy atom. The minimum atomic E-state index is -7.99. The standard InChI is InChI=1S/C14H15F13O2/c1-5-8(3,4)7(28)29-6(2)9(15,16)10(17,18)11(19,20)12(21,22)13(23,24)14(25,26)27/h6H,5H2,1-4H3. The Bertz CT molecular complexity index is 607. The van der Waals surface area contributed by atoms with E-state index in [9.17, 15) is 61.9 Å². The van der Waals surface area contributed by atoms with Gasteiger partial charge in [-0.1, -0.05) is 6.92 Å². The van der Waals surface area contributed by atoms with Crippen molar-refractivity contribution in [2.75, 3.05) is 0 Å². The van der Waals surface area contributed by atoms with Gasteiger partial charge in [0, 0.05) is 0 Å². The fourth-order valence-corrected chi connectivity index (χ4v) is 1.58. The molecule has 0 radical (unpaired) electrons. The monoisotopic (exact) mass is 462 g/mol. The molecule has 0 aliphatic heterocycles. The quantitative estimate of drug-likeness (QED) is 0.322. The van der Waals surface area contributed by atoms with Crippen molar-refractivity contribution >= 4 is 5.97 Å². The molecular formula is C14H15F13O2. The Morgan fingerprint density at radius 2 is 1.07 bits per heavy atom. The summed E-state index contributed by atoms with van der Waals surface area (Å²) in [5.41, 5.74) is -1.63. The molecule has 0 aromatic rings. The molecule has 0 saturated carbocycles. The molecule has 2 nitrogen and oxygen atoms in total. The first-order valence-corrected chi connectivity index (χ1v) is 7.53. The molecule has 29 heavy (non-hydrogen) atoms. The minimum Gasteiger partial charge on any atom is -0.456 e. The number of halogens is 13. The van der Waals surface area contributed by atoms with E-state index in [0.717, 1.165) is 13.8 Å². The molecule has 0 fully saturated rings. The van der Waals surface area contributed by atoms with E-state index in [1.165, 1.54) is 6.92 Å². The summed E-state index contributed by atoms with van der Waals surface area (Å²) in [7, 11) is 0.